The third kappa shape index (κ3) is 4.45. The van der Waals surface area contributed by atoms with Crippen molar-refractivity contribution in [3.05, 3.63) is 72.5 Å². The van der Waals surface area contributed by atoms with E-state index in [1.54, 1.807) is 30.3 Å². The Hall–Kier alpha value is -3.21. The lowest BCUT2D eigenvalue weighted by molar-refractivity contribution is 0.249. The number of benzene rings is 3. The number of halogens is 1. The van der Waals surface area contributed by atoms with Gasteiger partial charge >= 0.3 is 0 Å². The van der Waals surface area contributed by atoms with Crippen LogP contribution in [0.2, 0.25) is 0 Å². The predicted molar refractivity (Wildman–Crippen MR) is 103 cm³/mol. The van der Waals surface area contributed by atoms with Gasteiger partial charge in [-0.1, -0.05) is 30.3 Å². The Morgan fingerprint density at radius 1 is 0.692 bits per heavy atom. The van der Waals surface area contributed by atoms with Gasteiger partial charge in [-0.15, -0.1) is 0 Å². The van der Waals surface area contributed by atoms with Gasteiger partial charge in [0.2, 0.25) is 0 Å². The first kappa shape index (κ1) is 17.6. The number of anilines is 2. The molecule has 0 aromatic heterocycles. The first-order chi connectivity index (χ1) is 12.6. The average Bonchev–Trinajstić information content (AvgIpc) is 2.65. The molecule has 0 amide bonds. The minimum Gasteiger partial charge on any atom is -0.493 e. The number of rotatable bonds is 7. The van der Waals surface area contributed by atoms with Gasteiger partial charge in [-0.25, -0.2) is 4.39 Å². The number of nitrogen functional groups attached to an aromatic ring is 2. The number of ether oxygens (including phenoxy) is 2. The summed E-state index contributed by atoms with van der Waals surface area (Å²) in [7, 11) is 0. The fraction of sp³-hybridized carbons (Fsp3) is 0.143. The molecule has 0 aliphatic heterocycles. The van der Waals surface area contributed by atoms with Crippen molar-refractivity contribution in [1.29, 1.82) is 0 Å². The van der Waals surface area contributed by atoms with Crippen molar-refractivity contribution in [3.63, 3.8) is 0 Å². The third-order valence-corrected chi connectivity index (χ3v) is 3.91. The van der Waals surface area contributed by atoms with Crippen LogP contribution in [0.25, 0.3) is 11.1 Å². The van der Waals surface area contributed by atoms with Crippen LogP contribution in [0, 0.1) is 5.82 Å². The van der Waals surface area contributed by atoms with E-state index in [4.69, 9.17) is 20.9 Å². The van der Waals surface area contributed by atoms with Crippen molar-refractivity contribution in [1.82, 2.24) is 0 Å². The van der Waals surface area contributed by atoms with Gasteiger partial charge in [0.05, 0.1) is 24.6 Å². The van der Waals surface area contributed by atoms with E-state index in [-0.39, 0.29) is 5.82 Å². The summed E-state index contributed by atoms with van der Waals surface area (Å²) in [5.41, 5.74) is 14.7. The van der Waals surface area contributed by atoms with Gasteiger partial charge in [0.1, 0.15) is 11.6 Å². The molecule has 0 spiro atoms. The molecule has 0 aliphatic carbocycles. The monoisotopic (exact) mass is 352 g/mol. The van der Waals surface area contributed by atoms with Crippen molar-refractivity contribution in [2.75, 3.05) is 24.7 Å². The summed E-state index contributed by atoms with van der Waals surface area (Å²) in [6.45, 7) is 0.981. The molecule has 0 saturated carbocycles. The van der Waals surface area contributed by atoms with E-state index >= 15 is 0 Å². The molecule has 0 heterocycles. The van der Waals surface area contributed by atoms with Gasteiger partial charge < -0.3 is 20.9 Å². The number of nitrogens with two attached hydrogens (primary N) is 2. The summed E-state index contributed by atoms with van der Waals surface area (Å²) in [6, 6.07) is 19.4. The van der Waals surface area contributed by atoms with E-state index in [1.165, 1.54) is 12.1 Å². The summed E-state index contributed by atoms with van der Waals surface area (Å²) in [5.74, 6) is 1.06. The van der Waals surface area contributed by atoms with E-state index in [0.717, 1.165) is 16.9 Å². The van der Waals surface area contributed by atoms with Crippen LogP contribution >= 0.6 is 0 Å². The smallest absolute Gasteiger partial charge is 0.165 e. The lowest BCUT2D eigenvalue weighted by Crippen LogP contribution is -2.07. The number of hydrogen-bond acceptors (Lipinski definition) is 4. The van der Waals surface area contributed by atoms with Crippen molar-refractivity contribution in [2.24, 2.45) is 0 Å². The Morgan fingerprint density at radius 3 is 1.85 bits per heavy atom. The van der Waals surface area contributed by atoms with Gasteiger partial charge in [-0.2, -0.15) is 0 Å². The van der Waals surface area contributed by atoms with Crippen LogP contribution in [0.4, 0.5) is 15.8 Å². The van der Waals surface area contributed by atoms with Crippen LogP contribution in [-0.4, -0.2) is 13.2 Å². The van der Waals surface area contributed by atoms with E-state index in [1.807, 2.05) is 24.3 Å². The Morgan fingerprint density at radius 2 is 1.23 bits per heavy atom. The average molecular weight is 352 g/mol. The van der Waals surface area contributed by atoms with Crippen LogP contribution in [0.5, 0.6) is 11.5 Å². The van der Waals surface area contributed by atoms with Crippen molar-refractivity contribution >= 4 is 11.4 Å². The first-order valence-electron chi connectivity index (χ1n) is 8.39. The standard InChI is InChI=1S/C21H21FN2O2/c22-17-9-5-15(6-10-17)16-7-11-18(12-8-16)25-13-2-14-26-21-19(23)3-1-4-20(21)24/h1,3-12H,2,13-14,23-24H2. The molecule has 4 N–H and O–H groups in total. The summed E-state index contributed by atoms with van der Waals surface area (Å²) in [4.78, 5) is 0. The summed E-state index contributed by atoms with van der Waals surface area (Å²) < 4.78 is 24.3. The SMILES string of the molecule is Nc1cccc(N)c1OCCCOc1ccc(-c2ccc(F)cc2)cc1. The Balaban J connectivity index is 1.46. The third-order valence-electron chi connectivity index (χ3n) is 3.91. The molecule has 3 aromatic rings. The highest BCUT2D eigenvalue weighted by molar-refractivity contribution is 5.67. The van der Waals surface area contributed by atoms with E-state index < -0.39 is 0 Å². The number of hydrogen-bond donors (Lipinski definition) is 2. The minimum atomic E-state index is -0.241. The topological polar surface area (TPSA) is 70.5 Å². The Bertz CT molecular complexity index is 829. The van der Waals surface area contributed by atoms with Crippen LogP contribution < -0.4 is 20.9 Å². The molecule has 0 unspecified atom stereocenters. The zero-order valence-electron chi connectivity index (χ0n) is 14.3. The molecule has 3 rings (SSSR count). The maximum absolute atomic E-state index is 13.0. The highest BCUT2D eigenvalue weighted by Gasteiger charge is 2.04. The molecule has 134 valence electrons. The highest BCUT2D eigenvalue weighted by atomic mass is 19.1. The highest BCUT2D eigenvalue weighted by Crippen LogP contribution is 2.28. The summed E-state index contributed by atoms with van der Waals surface area (Å²) in [5, 5.41) is 0. The molecule has 0 aliphatic rings. The lowest BCUT2D eigenvalue weighted by atomic mass is 10.1. The lowest BCUT2D eigenvalue weighted by Gasteiger charge is -2.12. The second-order valence-electron chi connectivity index (χ2n) is 5.85. The Kier molecular flexibility index (Phi) is 5.59. The van der Waals surface area contributed by atoms with E-state index in [2.05, 4.69) is 0 Å². The van der Waals surface area contributed by atoms with E-state index in [9.17, 15) is 4.39 Å². The maximum atomic E-state index is 13.0. The van der Waals surface area contributed by atoms with Gasteiger partial charge in [0.15, 0.2) is 5.75 Å². The maximum Gasteiger partial charge on any atom is 0.165 e. The largest absolute Gasteiger partial charge is 0.493 e. The molecule has 3 aromatic carbocycles. The zero-order valence-corrected chi connectivity index (χ0v) is 14.3. The molecule has 5 heteroatoms. The first-order valence-corrected chi connectivity index (χ1v) is 8.39. The molecular weight excluding hydrogens is 331 g/mol. The predicted octanol–water partition coefficient (Wildman–Crippen LogP) is 4.51. The van der Waals surface area contributed by atoms with Crippen LogP contribution in [0.15, 0.2) is 66.7 Å². The number of para-hydroxylation sites is 1. The fourth-order valence-corrected chi connectivity index (χ4v) is 2.55. The molecule has 0 fully saturated rings. The van der Waals surface area contributed by atoms with Crippen molar-refractivity contribution in [2.45, 2.75) is 6.42 Å². The molecule has 0 atom stereocenters. The molecule has 26 heavy (non-hydrogen) atoms. The van der Waals surface area contributed by atoms with Crippen LogP contribution in [0.3, 0.4) is 0 Å². The molecule has 0 bridgehead atoms. The van der Waals surface area contributed by atoms with Crippen LogP contribution in [-0.2, 0) is 0 Å². The minimum absolute atomic E-state index is 0.241. The normalized spacial score (nSPS) is 10.5. The summed E-state index contributed by atoms with van der Waals surface area (Å²) >= 11 is 0. The molecular formula is C21H21FN2O2. The van der Waals surface area contributed by atoms with Crippen molar-refractivity contribution < 1.29 is 13.9 Å². The van der Waals surface area contributed by atoms with Crippen molar-refractivity contribution in [3.8, 4) is 22.6 Å². The van der Waals surface area contributed by atoms with Gasteiger partial charge in [-0.3, -0.25) is 0 Å². The second-order valence-corrected chi connectivity index (χ2v) is 5.85. The Labute approximate surface area is 152 Å². The fourth-order valence-electron chi connectivity index (χ4n) is 2.55. The molecule has 4 nitrogen and oxygen atoms in total. The van der Waals surface area contributed by atoms with Gasteiger partial charge in [0, 0.05) is 6.42 Å². The summed E-state index contributed by atoms with van der Waals surface area (Å²) in [6.07, 6.45) is 0.702. The van der Waals surface area contributed by atoms with Crippen LogP contribution in [0.1, 0.15) is 6.42 Å². The second kappa shape index (κ2) is 8.25. The van der Waals surface area contributed by atoms with Gasteiger partial charge in [-0.05, 0) is 47.5 Å². The molecule has 0 radical (unpaired) electrons. The molecule has 0 saturated heterocycles. The van der Waals surface area contributed by atoms with Gasteiger partial charge in [0.25, 0.3) is 0 Å². The van der Waals surface area contributed by atoms with E-state index in [0.29, 0.717) is 36.8 Å². The quantitative estimate of drug-likeness (QED) is 0.485. The zero-order chi connectivity index (χ0) is 18.4.